The molecule has 0 aliphatic rings. The molecule has 5 heteroatoms. The summed E-state index contributed by atoms with van der Waals surface area (Å²) in [6.45, 7) is 9.61. The van der Waals surface area contributed by atoms with E-state index in [1.54, 1.807) is 0 Å². The summed E-state index contributed by atoms with van der Waals surface area (Å²) in [6, 6.07) is 0. The Morgan fingerprint density at radius 1 is 1.22 bits per heavy atom. The third-order valence-corrected chi connectivity index (χ3v) is 2.32. The van der Waals surface area contributed by atoms with Crippen molar-refractivity contribution in [3.8, 4) is 0 Å². The van der Waals surface area contributed by atoms with E-state index in [-0.39, 0.29) is 23.8 Å². The van der Waals surface area contributed by atoms with Crippen LogP contribution in [0, 0.1) is 0 Å². The highest BCUT2D eigenvalue weighted by molar-refractivity contribution is 5.84. The van der Waals surface area contributed by atoms with E-state index in [1.165, 1.54) is 6.92 Å². The molecule has 0 radical (unpaired) electrons. The van der Waals surface area contributed by atoms with Gasteiger partial charge in [-0.1, -0.05) is 0 Å². The summed E-state index contributed by atoms with van der Waals surface area (Å²) in [5, 5.41) is 2.56. The SMILES string of the molecule is CC(=O)CNC(=O)CCC(C)(C)OCC(C)(C)N. The molecule has 0 heterocycles. The first-order valence-electron chi connectivity index (χ1n) is 6.21. The van der Waals surface area contributed by atoms with Crippen LogP contribution in [0.1, 0.15) is 47.5 Å². The van der Waals surface area contributed by atoms with Crippen LogP contribution in [0.5, 0.6) is 0 Å². The molecule has 0 unspecified atom stereocenters. The lowest BCUT2D eigenvalue weighted by Crippen LogP contribution is -2.41. The van der Waals surface area contributed by atoms with Crippen molar-refractivity contribution in [1.29, 1.82) is 0 Å². The molecule has 0 aliphatic carbocycles. The molecular formula is C13H26N2O3. The summed E-state index contributed by atoms with van der Waals surface area (Å²) in [4.78, 5) is 22.2. The number of nitrogens with two attached hydrogens (primary N) is 1. The standard InChI is InChI=1S/C13H26N2O3/c1-10(16)8-15-11(17)6-7-13(4,5)18-9-12(2,3)14/h6-9,14H2,1-5H3,(H,15,17). The van der Waals surface area contributed by atoms with E-state index < -0.39 is 5.60 Å². The molecule has 0 fully saturated rings. The first-order chi connectivity index (χ1) is 8.02. The van der Waals surface area contributed by atoms with Gasteiger partial charge in [0.25, 0.3) is 0 Å². The van der Waals surface area contributed by atoms with Gasteiger partial charge in [0.15, 0.2) is 0 Å². The molecule has 0 saturated carbocycles. The minimum absolute atomic E-state index is 0.0521. The lowest BCUT2D eigenvalue weighted by atomic mass is 10.0. The normalized spacial score (nSPS) is 12.3. The number of rotatable bonds is 8. The van der Waals surface area contributed by atoms with E-state index in [1.807, 2.05) is 27.7 Å². The minimum atomic E-state index is -0.399. The second kappa shape index (κ2) is 6.85. The molecule has 0 saturated heterocycles. The number of hydrogen-bond acceptors (Lipinski definition) is 4. The van der Waals surface area contributed by atoms with Crippen molar-refractivity contribution in [3.63, 3.8) is 0 Å². The van der Waals surface area contributed by atoms with E-state index in [0.29, 0.717) is 19.4 Å². The highest BCUT2D eigenvalue weighted by atomic mass is 16.5. The maximum Gasteiger partial charge on any atom is 0.220 e. The minimum Gasteiger partial charge on any atom is -0.374 e. The van der Waals surface area contributed by atoms with Crippen molar-refractivity contribution < 1.29 is 14.3 Å². The van der Waals surface area contributed by atoms with Crippen LogP contribution >= 0.6 is 0 Å². The number of carbonyl (C=O) groups excluding carboxylic acids is 2. The van der Waals surface area contributed by atoms with Gasteiger partial charge in [-0.05, 0) is 41.0 Å². The van der Waals surface area contributed by atoms with Crippen molar-refractivity contribution in [1.82, 2.24) is 5.32 Å². The summed E-state index contributed by atoms with van der Waals surface area (Å²) >= 11 is 0. The monoisotopic (exact) mass is 258 g/mol. The smallest absolute Gasteiger partial charge is 0.220 e. The molecule has 0 aromatic heterocycles. The van der Waals surface area contributed by atoms with Gasteiger partial charge < -0.3 is 15.8 Å². The Morgan fingerprint density at radius 2 is 1.78 bits per heavy atom. The molecule has 0 bridgehead atoms. The van der Waals surface area contributed by atoms with Crippen LogP contribution in [0.4, 0.5) is 0 Å². The van der Waals surface area contributed by atoms with Gasteiger partial charge in [-0.3, -0.25) is 9.59 Å². The summed E-state index contributed by atoms with van der Waals surface area (Å²) in [6.07, 6.45) is 0.929. The lowest BCUT2D eigenvalue weighted by Gasteiger charge is -2.29. The van der Waals surface area contributed by atoms with Crippen LogP contribution in [-0.4, -0.2) is 36.0 Å². The van der Waals surface area contributed by atoms with E-state index in [9.17, 15) is 9.59 Å². The van der Waals surface area contributed by atoms with Crippen molar-refractivity contribution in [2.24, 2.45) is 5.73 Å². The van der Waals surface area contributed by atoms with Gasteiger partial charge in [0.05, 0.1) is 18.8 Å². The Hall–Kier alpha value is -0.940. The van der Waals surface area contributed by atoms with Gasteiger partial charge in [-0.15, -0.1) is 0 Å². The van der Waals surface area contributed by atoms with Crippen molar-refractivity contribution in [2.45, 2.75) is 58.6 Å². The number of ketones is 1. The van der Waals surface area contributed by atoms with Gasteiger partial charge >= 0.3 is 0 Å². The number of carbonyl (C=O) groups is 2. The molecule has 3 N–H and O–H groups in total. The molecule has 0 aliphatic heterocycles. The first-order valence-corrected chi connectivity index (χ1v) is 6.21. The molecule has 106 valence electrons. The van der Waals surface area contributed by atoms with Crippen LogP contribution in [0.25, 0.3) is 0 Å². The lowest BCUT2D eigenvalue weighted by molar-refractivity contribution is -0.125. The fourth-order valence-corrected chi connectivity index (χ4v) is 1.18. The number of nitrogens with one attached hydrogen (secondary N) is 1. The fourth-order valence-electron chi connectivity index (χ4n) is 1.18. The number of Topliss-reactive ketones (excluding diaryl/α,β-unsaturated/α-hetero) is 1. The summed E-state index contributed by atoms with van der Waals surface area (Å²) in [7, 11) is 0. The average Bonchev–Trinajstić information content (AvgIpc) is 2.20. The molecule has 0 rings (SSSR count). The number of ether oxygens (including phenoxy) is 1. The van der Waals surface area contributed by atoms with Crippen LogP contribution in [0.15, 0.2) is 0 Å². The van der Waals surface area contributed by atoms with Gasteiger partial charge in [0.2, 0.25) is 5.91 Å². The van der Waals surface area contributed by atoms with Crippen LogP contribution in [0.3, 0.4) is 0 Å². The Bertz CT molecular complexity index is 293. The summed E-state index contributed by atoms with van der Waals surface area (Å²) in [5.41, 5.74) is 5.06. The van der Waals surface area contributed by atoms with Crippen LogP contribution in [-0.2, 0) is 14.3 Å². The second-order valence-corrected chi connectivity index (χ2v) is 6.02. The summed E-state index contributed by atoms with van der Waals surface area (Å²) in [5.74, 6) is -0.183. The Kier molecular flexibility index (Phi) is 6.49. The van der Waals surface area contributed by atoms with E-state index >= 15 is 0 Å². The maximum absolute atomic E-state index is 11.5. The second-order valence-electron chi connectivity index (χ2n) is 6.02. The van der Waals surface area contributed by atoms with Gasteiger partial charge in [0.1, 0.15) is 5.78 Å². The quantitative estimate of drug-likeness (QED) is 0.680. The van der Waals surface area contributed by atoms with Crippen molar-refractivity contribution in [3.05, 3.63) is 0 Å². The maximum atomic E-state index is 11.5. The predicted molar refractivity (Wildman–Crippen MR) is 71.2 cm³/mol. The molecule has 0 spiro atoms. The molecule has 1 amide bonds. The van der Waals surface area contributed by atoms with E-state index in [2.05, 4.69) is 5.32 Å². The zero-order valence-corrected chi connectivity index (χ0v) is 12.1. The molecule has 0 aromatic carbocycles. The Labute approximate surface area is 109 Å². The zero-order chi connectivity index (χ0) is 14.4. The molecule has 0 atom stereocenters. The van der Waals surface area contributed by atoms with Crippen molar-refractivity contribution >= 4 is 11.7 Å². The highest BCUT2D eigenvalue weighted by Crippen LogP contribution is 2.18. The fraction of sp³-hybridized carbons (Fsp3) is 0.846. The third-order valence-electron chi connectivity index (χ3n) is 2.32. The Morgan fingerprint density at radius 3 is 2.22 bits per heavy atom. The predicted octanol–water partition coefficient (Wildman–Crippen LogP) is 1.00. The van der Waals surface area contributed by atoms with Gasteiger partial charge in [-0.2, -0.15) is 0 Å². The van der Waals surface area contributed by atoms with E-state index in [0.717, 1.165) is 0 Å². The molecule has 18 heavy (non-hydrogen) atoms. The largest absolute Gasteiger partial charge is 0.374 e. The molecule has 0 aromatic rings. The van der Waals surface area contributed by atoms with E-state index in [4.69, 9.17) is 10.5 Å². The van der Waals surface area contributed by atoms with Crippen LogP contribution < -0.4 is 11.1 Å². The average molecular weight is 258 g/mol. The van der Waals surface area contributed by atoms with Crippen molar-refractivity contribution in [2.75, 3.05) is 13.2 Å². The highest BCUT2D eigenvalue weighted by Gasteiger charge is 2.23. The number of hydrogen-bond donors (Lipinski definition) is 2. The van der Waals surface area contributed by atoms with Crippen LogP contribution in [0.2, 0.25) is 0 Å². The topological polar surface area (TPSA) is 81.4 Å². The molecular weight excluding hydrogens is 232 g/mol. The van der Waals surface area contributed by atoms with Gasteiger partial charge in [-0.25, -0.2) is 0 Å². The van der Waals surface area contributed by atoms with Gasteiger partial charge in [0, 0.05) is 12.0 Å². The zero-order valence-electron chi connectivity index (χ0n) is 12.1. The third kappa shape index (κ3) is 10.2. The molecule has 5 nitrogen and oxygen atoms in total. The number of amides is 1. The Balaban J connectivity index is 3.95. The summed E-state index contributed by atoms with van der Waals surface area (Å²) < 4.78 is 5.70. The first kappa shape index (κ1) is 17.1.